The molecule has 0 unspecified atom stereocenters. The summed E-state index contributed by atoms with van der Waals surface area (Å²) in [6.07, 6.45) is 1.29. The van der Waals surface area contributed by atoms with Gasteiger partial charge in [0.15, 0.2) is 0 Å². The second kappa shape index (κ2) is 2.83. The SMILES string of the molecule is Cc1cc(O)c2nc[nH]c(=O)c2c1C. The van der Waals surface area contributed by atoms with E-state index in [1.165, 1.54) is 6.33 Å². The molecule has 4 heteroatoms. The smallest absolute Gasteiger partial charge is 0.258 e. The number of phenols is 1. The van der Waals surface area contributed by atoms with Gasteiger partial charge in [0.25, 0.3) is 5.56 Å². The maximum atomic E-state index is 11.5. The maximum absolute atomic E-state index is 11.5. The summed E-state index contributed by atoms with van der Waals surface area (Å²) in [6.45, 7) is 3.69. The number of aromatic nitrogens is 2. The summed E-state index contributed by atoms with van der Waals surface area (Å²) >= 11 is 0. The Kier molecular flexibility index (Phi) is 1.77. The number of benzene rings is 1. The van der Waals surface area contributed by atoms with Gasteiger partial charge < -0.3 is 10.1 Å². The van der Waals surface area contributed by atoms with E-state index in [2.05, 4.69) is 9.97 Å². The molecule has 0 saturated heterocycles. The van der Waals surface area contributed by atoms with Crippen LogP contribution in [-0.2, 0) is 0 Å². The third-order valence-corrected chi connectivity index (χ3v) is 2.42. The number of nitrogens with zero attached hydrogens (tertiary/aromatic N) is 1. The average molecular weight is 190 g/mol. The van der Waals surface area contributed by atoms with Crippen LogP contribution in [0.3, 0.4) is 0 Å². The van der Waals surface area contributed by atoms with Crippen LogP contribution in [0.25, 0.3) is 10.9 Å². The molecule has 0 atom stereocenters. The van der Waals surface area contributed by atoms with Crippen molar-refractivity contribution in [1.29, 1.82) is 0 Å². The molecule has 2 rings (SSSR count). The van der Waals surface area contributed by atoms with Crippen molar-refractivity contribution in [2.75, 3.05) is 0 Å². The van der Waals surface area contributed by atoms with Crippen LogP contribution < -0.4 is 5.56 Å². The Morgan fingerprint density at radius 3 is 2.86 bits per heavy atom. The molecule has 1 aromatic carbocycles. The van der Waals surface area contributed by atoms with E-state index in [0.717, 1.165) is 11.1 Å². The van der Waals surface area contributed by atoms with Crippen molar-refractivity contribution >= 4 is 10.9 Å². The largest absolute Gasteiger partial charge is 0.506 e. The van der Waals surface area contributed by atoms with E-state index in [4.69, 9.17) is 0 Å². The molecule has 0 radical (unpaired) electrons. The molecule has 0 fully saturated rings. The summed E-state index contributed by atoms with van der Waals surface area (Å²) in [4.78, 5) is 17.9. The van der Waals surface area contributed by atoms with Crippen LogP contribution >= 0.6 is 0 Å². The summed E-state index contributed by atoms with van der Waals surface area (Å²) < 4.78 is 0. The molecule has 72 valence electrons. The Balaban J connectivity index is 3.11. The van der Waals surface area contributed by atoms with Crippen molar-refractivity contribution in [2.24, 2.45) is 0 Å². The van der Waals surface area contributed by atoms with Gasteiger partial charge in [0.2, 0.25) is 0 Å². The van der Waals surface area contributed by atoms with Gasteiger partial charge in [-0.3, -0.25) is 4.79 Å². The number of aromatic hydroxyl groups is 1. The van der Waals surface area contributed by atoms with Crippen LogP contribution in [0.1, 0.15) is 11.1 Å². The van der Waals surface area contributed by atoms with Crippen molar-refractivity contribution in [3.8, 4) is 5.75 Å². The molecule has 0 amide bonds. The first-order chi connectivity index (χ1) is 6.61. The summed E-state index contributed by atoms with van der Waals surface area (Å²) in [5, 5.41) is 10.0. The highest BCUT2D eigenvalue weighted by molar-refractivity contribution is 5.87. The minimum absolute atomic E-state index is 0.0502. The second-order valence-electron chi connectivity index (χ2n) is 3.29. The molecule has 0 saturated carbocycles. The van der Waals surface area contributed by atoms with Crippen LogP contribution in [0.2, 0.25) is 0 Å². The molecular weight excluding hydrogens is 180 g/mol. The van der Waals surface area contributed by atoms with Gasteiger partial charge in [-0.25, -0.2) is 4.98 Å². The van der Waals surface area contributed by atoms with Crippen LogP contribution in [0.15, 0.2) is 17.2 Å². The summed E-state index contributed by atoms with van der Waals surface area (Å²) in [6, 6.07) is 1.62. The highest BCUT2D eigenvalue weighted by Crippen LogP contribution is 2.25. The van der Waals surface area contributed by atoms with E-state index < -0.39 is 0 Å². The van der Waals surface area contributed by atoms with E-state index in [1.54, 1.807) is 6.07 Å². The highest BCUT2D eigenvalue weighted by Gasteiger charge is 2.09. The van der Waals surface area contributed by atoms with Crippen molar-refractivity contribution in [3.05, 3.63) is 33.9 Å². The lowest BCUT2D eigenvalue weighted by Gasteiger charge is -2.05. The number of aromatic amines is 1. The first kappa shape index (κ1) is 8.74. The van der Waals surface area contributed by atoms with E-state index >= 15 is 0 Å². The van der Waals surface area contributed by atoms with Gasteiger partial charge >= 0.3 is 0 Å². The highest BCUT2D eigenvalue weighted by atomic mass is 16.3. The summed E-state index contributed by atoms with van der Waals surface area (Å²) in [7, 11) is 0. The Hall–Kier alpha value is -1.84. The predicted molar refractivity (Wildman–Crippen MR) is 53.5 cm³/mol. The van der Waals surface area contributed by atoms with E-state index in [1.807, 2.05) is 13.8 Å². The summed E-state index contributed by atoms with van der Waals surface area (Å²) in [5.41, 5.74) is 1.88. The van der Waals surface area contributed by atoms with Gasteiger partial charge in [0.05, 0.1) is 11.7 Å². The first-order valence-corrected chi connectivity index (χ1v) is 4.28. The Labute approximate surface area is 80.2 Å². The van der Waals surface area contributed by atoms with Crippen molar-refractivity contribution < 1.29 is 5.11 Å². The topological polar surface area (TPSA) is 66.0 Å². The second-order valence-corrected chi connectivity index (χ2v) is 3.29. The monoisotopic (exact) mass is 190 g/mol. The number of nitrogens with one attached hydrogen (secondary N) is 1. The minimum Gasteiger partial charge on any atom is -0.506 e. The molecule has 2 aromatic rings. The molecule has 0 spiro atoms. The lowest BCUT2D eigenvalue weighted by atomic mass is 10.0. The van der Waals surface area contributed by atoms with E-state index in [0.29, 0.717) is 10.9 Å². The first-order valence-electron chi connectivity index (χ1n) is 4.28. The van der Waals surface area contributed by atoms with Crippen molar-refractivity contribution in [3.63, 3.8) is 0 Å². The zero-order chi connectivity index (χ0) is 10.3. The maximum Gasteiger partial charge on any atom is 0.258 e. The summed E-state index contributed by atoms with van der Waals surface area (Å²) in [5.74, 6) is 0.0502. The minimum atomic E-state index is -0.216. The van der Waals surface area contributed by atoms with Gasteiger partial charge in [-0.15, -0.1) is 0 Å². The number of rotatable bonds is 0. The normalized spacial score (nSPS) is 10.7. The van der Waals surface area contributed by atoms with Gasteiger partial charge in [0, 0.05) is 0 Å². The Bertz CT molecular complexity index is 558. The molecule has 0 aliphatic heterocycles. The molecule has 2 N–H and O–H groups in total. The third kappa shape index (κ3) is 1.08. The molecular formula is C10H10N2O2. The lowest BCUT2D eigenvalue weighted by Crippen LogP contribution is -2.08. The fraction of sp³-hybridized carbons (Fsp3) is 0.200. The molecule has 1 aromatic heterocycles. The fourth-order valence-corrected chi connectivity index (χ4v) is 1.52. The number of hydrogen-bond donors (Lipinski definition) is 2. The molecule has 1 heterocycles. The van der Waals surface area contributed by atoms with Crippen LogP contribution in [0.5, 0.6) is 5.75 Å². The zero-order valence-electron chi connectivity index (χ0n) is 7.96. The lowest BCUT2D eigenvalue weighted by molar-refractivity contribution is 0.479. The van der Waals surface area contributed by atoms with E-state index in [-0.39, 0.29) is 11.3 Å². The number of aryl methyl sites for hydroxylation is 2. The average Bonchev–Trinajstić information content (AvgIpc) is 2.14. The van der Waals surface area contributed by atoms with Gasteiger partial charge in [-0.2, -0.15) is 0 Å². The van der Waals surface area contributed by atoms with Gasteiger partial charge in [-0.1, -0.05) is 0 Å². The Morgan fingerprint density at radius 2 is 2.14 bits per heavy atom. The van der Waals surface area contributed by atoms with E-state index in [9.17, 15) is 9.90 Å². The van der Waals surface area contributed by atoms with Gasteiger partial charge in [0.1, 0.15) is 11.3 Å². The van der Waals surface area contributed by atoms with Crippen LogP contribution in [0, 0.1) is 13.8 Å². The Morgan fingerprint density at radius 1 is 1.43 bits per heavy atom. The number of hydrogen-bond acceptors (Lipinski definition) is 3. The van der Waals surface area contributed by atoms with Crippen LogP contribution in [-0.4, -0.2) is 15.1 Å². The van der Waals surface area contributed by atoms with Gasteiger partial charge in [-0.05, 0) is 31.0 Å². The quantitative estimate of drug-likeness (QED) is 0.657. The molecule has 0 aliphatic carbocycles. The zero-order valence-corrected chi connectivity index (χ0v) is 7.96. The van der Waals surface area contributed by atoms with Crippen LogP contribution in [0.4, 0.5) is 0 Å². The third-order valence-electron chi connectivity index (χ3n) is 2.42. The standard InChI is InChI=1S/C10H10N2O2/c1-5-3-7(13)9-8(6(5)2)10(14)12-4-11-9/h3-4,13H,1-2H3,(H,11,12,14). The molecule has 14 heavy (non-hydrogen) atoms. The fourth-order valence-electron chi connectivity index (χ4n) is 1.52. The predicted octanol–water partition coefficient (Wildman–Crippen LogP) is 1.25. The molecule has 4 nitrogen and oxygen atoms in total. The number of H-pyrrole nitrogens is 1. The number of fused-ring (bicyclic) bond motifs is 1. The van der Waals surface area contributed by atoms with Crippen molar-refractivity contribution in [2.45, 2.75) is 13.8 Å². The molecule has 0 bridgehead atoms. The molecule has 0 aliphatic rings. The van der Waals surface area contributed by atoms with Crippen molar-refractivity contribution in [1.82, 2.24) is 9.97 Å². The number of phenolic OH excluding ortho intramolecular Hbond substituents is 1.